The number of unbranched alkanes of at least 4 members (excludes halogenated alkanes) is 1. The van der Waals surface area contributed by atoms with Crippen molar-refractivity contribution >= 4 is 11.9 Å². The lowest BCUT2D eigenvalue weighted by molar-refractivity contribution is -0.137. The molecule has 0 aromatic rings. The third-order valence-corrected chi connectivity index (χ3v) is 2.54. The second-order valence-corrected chi connectivity index (χ2v) is 4.47. The monoisotopic (exact) mass is 245 g/mol. The van der Waals surface area contributed by atoms with E-state index < -0.39 is 5.97 Å². The van der Waals surface area contributed by atoms with E-state index in [1.165, 1.54) is 0 Å². The zero-order chi connectivity index (χ0) is 13.3. The van der Waals surface area contributed by atoms with Crippen molar-refractivity contribution in [3.63, 3.8) is 0 Å². The average Bonchev–Trinajstić information content (AvgIpc) is 2.23. The van der Waals surface area contributed by atoms with E-state index in [4.69, 9.17) is 9.84 Å². The largest absolute Gasteiger partial charge is 0.481 e. The van der Waals surface area contributed by atoms with Crippen molar-refractivity contribution in [1.82, 2.24) is 5.32 Å². The summed E-state index contributed by atoms with van der Waals surface area (Å²) in [5, 5.41) is 11.3. The lowest BCUT2D eigenvalue weighted by Gasteiger charge is -2.21. The number of rotatable bonds is 9. The van der Waals surface area contributed by atoms with Gasteiger partial charge >= 0.3 is 5.97 Å². The molecule has 0 rings (SSSR count). The van der Waals surface area contributed by atoms with Gasteiger partial charge in [-0.25, -0.2) is 0 Å². The summed E-state index contributed by atoms with van der Waals surface area (Å²) in [6.07, 6.45) is 1.65. The predicted molar refractivity (Wildman–Crippen MR) is 64.7 cm³/mol. The Kier molecular flexibility index (Phi) is 8.40. The molecule has 1 atom stereocenters. The van der Waals surface area contributed by atoms with Crippen LogP contribution in [0.5, 0.6) is 0 Å². The van der Waals surface area contributed by atoms with Crippen molar-refractivity contribution in [3.8, 4) is 0 Å². The summed E-state index contributed by atoms with van der Waals surface area (Å²) in [6.45, 7) is 4.54. The molecule has 0 aliphatic heterocycles. The maximum atomic E-state index is 11.6. The standard InChI is InChI=1S/C12H23NO4/c1-9(2)10(8-17-3)13-11(14)6-4-5-7-12(15)16/h9-10H,4-8H2,1-3H3,(H,13,14)(H,15,16). The average molecular weight is 245 g/mol. The normalized spacial score (nSPS) is 12.5. The Balaban J connectivity index is 3.78. The Morgan fingerprint density at radius 1 is 1.24 bits per heavy atom. The van der Waals surface area contributed by atoms with Gasteiger partial charge in [0.1, 0.15) is 0 Å². The first kappa shape index (κ1) is 15.9. The molecule has 5 heteroatoms. The van der Waals surface area contributed by atoms with Gasteiger partial charge in [0.2, 0.25) is 5.91 Å². The van der Waals surface area contributed by atoms with Gasteiger partial charge < -0.3 is 15.2 Å². The van der Waals surface area contributed by atoms with E-state index in [2.05, 4.69) is 5.32 Å². The number of amides is 1. The fourth-order valence-corrected chi connectivity index (χ4v) is 1.42. The second-order valence-electron chi connectivity index (χ2n) is 4.47. The summed E-state index contributed by atoms with van der Waals surface area (Å²) in [6, 6.07) is 0.0203. The molecule has 0 saturated carbocycles. The fourth-order valence-electron chi connectivity index (χ4n) is 1.42. The van der Waals surface area contributed by atoms with Gasteiger partial charge in [-0.15, -0.1) is 0 Å². The number of ether oxygens (including phenoxy) is 1. The molecule has 5 nitrogen and oxygen atoms in total. The highest BCUT2D eigenvalue weighted by atomic mass is 16.5. The zero-order valence-electron chi connectivity index (χ0n) is 10.9. The molecule has 0 aromatic carbocycles. The van der Waals surface area contributed by atoms with Crippen LogP contribution in [-0.2, 0) is 14.3 Å². The Morgan fingerprint density at radius 2 is 1.82 bits per heavy atom. The van der Waals surface area contributed by atoms with Gasteiger partial charge in [0.15, 0.2) is 0 Å². The van der Waals surface area contributed by atoms with Gasteiger partial charge in [-0.1, -0.05) is 13.8 Å². The summed E-state index contributed by atoms with van der Waals surface area (Å²) in [7, 11) is 1.61. The van der Waals surface area contributed by atoms with Crippen molar-refractivity contribution in [2.45, 2.75) is 45.6 Å². The Hall–Kier alpha value is -1.10. The van der Waals surface area contributed by atoms with Crippen LogP contribution >= 0.6 is 0 Å². The molecule has 0 aliphatic rings. The minimum absolute atomic E-state index is 0.0203. The van der Waals surface area contributed by atoms with Gasteiger partial charge in [0.25, 0.3) is 0 Å². The summed E-state index contributed by atoms with van der Waals surface area (Å²) < 4.78 is 5.03. The summed E-state index contributed by atoms with van der Waals surface area (Å²) in [4.78, 5) is 21.8. The predicted octanol–water partition coefficient (Wildman–Crippen LogP) is 1.42. The maximum absolute atomic E-state index is 11.6. The molecular weight excluding hydrogens is 222 g/mol. The molecule has 1 amide bonds. The molecule has 0 saturated heterocycles. The Labute approximate surface area is 103 Å². The maximum Gasteiger partial charge on any atom is 0.303 e. The van der Waals surface area contributed by atoms with Crippen LogP contribution in [0.1, 0.15) is 39.5 Å². The van der Waals surface area contributed by atoms with E-state index in [1.807, 2.05) is 13.8 Å². The van der Waals surface area contributed by atoms with Crippen molar-refractivity contribution in [2.75, 3.05) is 13.7 Å². The molecule has 0 aliphatic carbocycles. The van der Waals surface area contributed by atoms with Gasteiger partial charge in [-0.2, -0.15) is 0 Å². The van der Waals surface area contributed by atoms with Crippen LogP contribution in [0.25, 0.3) is 0 Å². The summed E-state index contributed by atoms with van der Waals surface area (Å²) in [5.74, 6) is -0.533. The van der Waals surface area contributed by atoms with E-state index in [1.54, 1.807) is 7.11 Å². The number of carbonyl (C=O) groups excluding carboxylic acids is 1. The molecule has 0 radical (unpaired) electrons. The first-order valence-corrected chi connectivity index (χ1v) is 5.97. The SMILES string of the molecule is COCC(NC(=O)CCCCC(=O)O)C(C)C. The van der Waals surface area contributed by atoms with Crippen LogP contribution in [0, 0.1) is 5.92 Å². The number of hydrogen-bond acceptors (Lipinski definition) is 3. The zero-order valence-corrected chi connectivity index (χ0v) is 10.9. The van der Waals surface area contributed by atoms with Crippen molar-refractivity contribution < 1.29 is 19.4 Å². The lowest BCUT2D eigenvalue weighted by atomic mass is 10.0. The smallest absolute Gasteiger partial charge is 0.303 e. The highest BCUT2D eigenvalue weighted by Gasteiger charge is 2.15. The quantitative estimate of drug-likeness (QED) is 0.602. The highest BCUT2D eigenvalue weighted by molar-refractivity contribution is 5.76. The molecule has 17 heavy (non-hydrogen) atoms. The number of carbonyl (C=O) groups is 2. The van der Waals surface area contributed by atoms with Crippen molar-refractivity contribution in [1.29, 1.82) is 0 Å². The van der Waals surface area contributed by atoms with E-state index in [0.717, 1.165) is 0 Å². The molecule has 0 aromatic heterocycles. The Morgan fingerprint density at radius 3 is 2.29 bits per heavy atom. The third kappa shape index (κ3) is 8.68. The topological polar surface area (TPSA) is 75.6 Å². The number of aliphatic carboxylic acids is 1. The van der Waals surface area contributed by atoms with E-state index in [0.29, 0.717) is 31.8 Å². The molecule has 0 heterocycles. The first-order chi connectivity index (χ1) is 7.97. The number of carboxylic acid groups (broad SMARTS) is 1. The van der Waals surface area contributed by atoms with E-state index >= 15 is 0 Å². The number of nitrogens with one attached hydrogen (secondary N) is 1. The first-order valence-electron chi connectivity index (χ1n) is 5.97. The van der Waals surface area contributed by atoms with Crippen molar-refractivity contribution in [2.24, 2.45) is 5.92 Å². The summed E-state index contributed by atoms with van der Waals surface area (Å²) in [5.41, 5.74) is 0. The molecular formula is C12H23NO4. The lowest BCUT2D eigenvalue weighted by Crippen LogP contribution is -2.41. The third-order valence-electron chi connectivity index (χ3n) is 2.54. The van der Waals surface area contributed by atoms with Crippen LogP contribution in [0.3, 0.4) is 0 Å². The van der Waals surface area contributed by atoms with Gasteiger partial charge in [-0.3, -0.25) is 9.59 Å². The van der Waals surface area contributed by atoms with E-state index in [9.17, 15) is 9.59 Å². The van der Waals surface area contributed by atoms with Crippen LogP contribution in [0.15, 0.2) is 0 Å². The minimum atomic E-state index is -0.815. The molecule has 100 valence electrons. The minimum Gasteiger partial charge on any atom is -0.481 e. The van der Waals surface area contributed by atoms with E-state index in [-0.39, 0.29) is 18.4 Å². The molecule has 0 bridgehead atoms. The molecule has 1 unspecified atom stereocenters. The molecule has 0 fully saturated rings. The molecule has 0 spiro atoms. The van der Waals surface area contributed by atoms with Crippen LogP contribution in [-0.4, -0.2) is 36.7 Å². The highest BCUT2D eigenvalue weighted by Crippen LogP contribution is 2.04. The fraction of sp³-hybridized carbons (Fsp3) is 0.833. The van der Waals surface area contributed by atoms with Crippen LogP contribution in [0.2, 0.25) is 0 Å². The van der Waals surface area contributed by atoms with Gasteiger partial charge in [0, 0.05) is 20.0 Å². The van der Waals surface area contributed by atoms with Crippen LogP contribution < -0.4 is 5.32 Å². The molecule has 2 N–H and O–H groups in total. The number of methoxy groups -OCH3 is 1. The van der Waals surface area contributed by atoms with Gasteiger partial charge in [0.05, 0.1) is 12.6 Å². The second kappa shape index (κ2) is 8.98. The number of hydrogen-bond donors (Lipinski definition) is 2. The summed E-state index contributed by atoms with van der Waals surface area (Å²) >= 11 is 0. The number of carboxylic acids is 1. The van der Waals surface area contributed by atoms with Crippen LogP contribution in [0.4, 0.5) is 0 Å². The van der Waals surface area contributed by atoms with Gasteiger partial charge in [-0.05, 0) is 18.8 Å². The Bertz CT molecular complexity index is 241. The van der Waals surface area contributed by atoms with Crippen molar-refractivity contribution in [3.05, 3.63) is 0 Å².